The molecule has 1 aliphatic rings. The third kappa shape index (κ3) is 7.56. The normalized spacial score (nSPS) is 18.6. The molecule has 29 heavy (non-hydrogen) atoms. The smallest absolute Gasteiger partial charge is 0.323 e. The summed E-state index contributed by atoms with van der Waals surface area (Å²) in [5.74, 6) is -0.387. The molecule has 1 saturated heterocycles. The molecule has 0 aliphatic carbocycles. The number of aryl methyl sites for hydroxylation is 1. The molecule has 6 nitrogen and oxygen atoms in total. The number of rotatable bonds is 5. The lowest BCUT2D eigenvalue weighted by Gasteiger charge is -2.13. The maximum Gasteiger partial charge on any atom is 0.323 e. The molecule has 0 saturated carbocycles. The first-order valence-electron chi connectivity index (χ1n) is 9.40. The summed E-state index contributed by atoms with van der Waals surface area (Å²) in [7, 11) is -4.02. The number of halogens is 1. The van der Waals surface area contributed by atoms with Gasteiger partial charge in [0.05, 0.1) is 11.5 Å². The molecule has 1 heterocycles. The van der Waals surface area contributed by atoms with E-state index >= 15 is 0 Å². The zero-order valence-electron chi connectivity index (χ0n) is 16.5. The Morgan fingerprint density at radius 1 is 1.14 bits per heavy atom. The molecule has 0 radical (unpaired) electrons. The highest BCUT2D eigenvalue weighted by Crippen LogP contribution is 2.18. The summed E-state index contributed by atoms with van der Waals surface area (Å²) in [6.07, 6.45) is 2.57. The van der Waals surface area contributed by atoms with Gasteiger partial charge in [-0.15, -0.1) is 0 Å². The van der Waals surface area contributed by atoms with E-state index in [-0.39, 0.29) is 28.8 Å². The van der Waals surface area contributed by atoms with Gasteiger partial charge in [0, 0.05) is 6.04 Å². The van der Waals surface area contributed by atoms with Crippen LogP contribution in [0, 0.1) is 12.7 Å². The lowest BCUT2D eigenvalue weighted by atomic mass is 10.0. The number of esters is 1. The Bertz CT molecular complexity index is 898. The highest BCUT2D eigenvalue weighted by Gasteiger charge is 2.29. The van der Waals surface area contributed by atoms with Crippen molar-refractivity contribution in [3.63, 3.8) is 0 Å². The monoisotopic (exact) mass is 423 g/mol. The van der Waals surface area contributed by atoms with Crippen LogP contribution in [0.3, 0.4) is 0 Å². The Morgan fingerprint density at radius 3 is 2.31 bits per heavy atom. The second-order valence-corrected chi connectivity index (χ2v) is 8.29. The fraction of sp³-hybridized carbons (Fsp3) is 0.381. The Kier molecular flexibility index (Phi) is 8.31. The van der Waals surface area contributed by atoms with Crippen molar-refractivity contribution in [2.24, 2.45) is 0 Å². The third-order valence-electron chi connectivity index (χ3n) is 4.53. The summed E-state index contributed by atoms with van der Waals surface area (Å²) in [6, 6.07) is 12.6. The van der Waals surface area contributed by atoms with E-state index in [1.807, 2.05) is 13.8 Å². The molecule has 158 valence electrons. The van der Waals surface area contributed by atoms with Gasteiger partial charge in [0.15, 0.2) is 0 Å². The maximum atomic E-state index is 12.8. The average Bonchev–Trinajstić information content (AvgIpc) is 3.13. The van der Waals surface area contributed by atoms with Crippen LogP contribution in [0.1, 0.15) is 30.9 Å². The van der Waals surface area contributed by atoms with Crippen molar-refractivity contribution in [2.45, 2.75) is 50.1 Å². The Hall–Kier alpha value is -2.29. The summed E-state index contributed by atoms with van der Waals surface area (Å²) >= 11 is 0. The summed E-state index contributed by atoms with van der Waals surface area (Å²) in [5.41, 5.74) is 2.04. The molecule has 0 aromatic heterocycles. The molecule has 3 rings (SSSR count). The third-order valence-corrected chi connectivity index (χ3v) is 5.39. The summed E-state index contributed by atoms with van der Waals surface area (Å²) < 4.78 is 47.3. The van der Waals surface area contributed by atoms with E-state index in [1.165, 1.54) is 24.3 Å². The summed E-state index contributed by atoms with van der Waals surface area (Å²) in [6.45, 7) is 4.07. The van der Waals surface area contributed by atoms with Gasteiger partial charge in [0.2, 0.25) is 0 Å². The van der Waals surface area contributed by atoms with Gasteiger partial charge in [0.25, 0.3) is 10.1 Å². The van der Waals surface area contributed by atoms with Crippen LogP contribution in [-0.2, 0) is 26.1 Å². The molecule has 1 fully saturated rings. The second kappa shape index (κ2) is 10.5. The molecule has 0 bridgehead atoms. The van der Waals surface area contributed by atoms with Crippen LogP contribution in [0.5, 0.6) is 0 Å². The predicted octanol–water partition coefficient (Wildman–Crippen LogP) is 3.29. The van der Waals surface area contributed by atoms with Gasteiger partial charge in [-0.25, -0.2) is 4.39 Å². The van der Waals surface area contributed by atoms with E-state index in [0.717, 1.165) is 30.4 Å². The molecule has 8 heteroatoms. The standard InChI is InChI=1S/C14H18FNO2.C7H8O3S/c1-2-18-14(17)13-8-7-12(16-13)9-10-3-5-11(15)6-4-10;1-6-2-4-7(5-3-6)11(8,9)10/h3-6,12-13,16H,2,7-9H2,1H3;2-5H,1H3,(H,8,9,10)/t12-,13+;/m0./s1. The first kappa shape index (κ1) is 23.0. The Morgan fingerprint density at radius 2 is 1.76 bits per heavy atom. The van der Waals surface area contributed by atoms with Gasteiger partial charge in [0.1, 0.15) is 11.9 Å². The number of hydrogen-bond donors (Lipinski definition) is 2. The van der Waals surface area contributed by atoms with Crippen LogP contribution in [0.4, 0.5) is 4.39 Å². The first-order chi connectivity index (χ1) is 13.7. The molecular weight excluding hydrogens is 397 g/mol. The number of hydrogen-bond acceptors (Lipinski definition) is 5. The van der Waals surface area contributed by atoms with Gasteiger partial charge in [-0.3, -0.25) is 9.35 Å². The van der Waals surface area contributed by atoms with Gasteiger partial charge < -0.3 is 10.1 Å². The van der Waals surface area contributed by atoms with Crippen molar-refractivity contribution in [3.8, 4) is 0 Å². The van der Waals surface area contributed by atoms with Crippen molar-refractivity contribution in [1.29, 1.82) is 0 Å². The first-order valence-corrected chi connectivity index (χ1v) is 10.8. The molecule has 1 aliphatic heterocycles. The number of carbonyl (C=O) groups excluding carboxylic acids is 1. The van der Waals surface area contributed by atoms with Gasteiger partial charge in [-0.1, -0.05) is 29.8 Å². The van der Waals surface area contributed by atoms with Crippen molar-refractivity contribution >= 4 is 16.1 Å². The molecule has 0 amide bonds. The average molecular weight is 424 g/mol. The van der Waals surface area contributed by atoms with Crippen molar-refractivity contribution < 1.29 is 26.9 Å². The molecule has 0 spiro atoms. The fourth-order valence-corrected chi connectivity index (χ4v) is 3.50. The van der Waals surface area contributed by atoms with E-state index in [0.29, 0.717) is 6.61 Å². The van der Waals surface area contributed by atoms with E-state index in [9.17, 15) is 17.6 Å². The van der Waals surface area contributed by atoms with Gasteiger partial charge >= 0.3 is 5.97 Å². The minimum absolute atomic E-state index is 0.0666. The molecule has 0 unspecified atom stereocenters. The van der Waals surface area contributed by atoms with Crippen LogP contribution in [0.2, 0.25) is 0 Å². The van der Waals surface area contributed by atoms with E-state index in [1.54, 1.807) is 24.3 Å². The largest absolute Gasteiger partial charge is 0.465 e. The van der Waals surface area contributed by atoms with Crippen molar-refractivity contribution in [1.82, 2.24) is 5.32 Å². The SMILES string of the molecule is CCOC(=O)[C@H]1CC[C@@H](Cc2ccc(F)cc2)N1.Cc1ccc(S(=O)(=O)O)cc1. The molecule has 2 aromatic carbocycles. The summed E-state index contributed by atoms with van der Waals surface area (Å²) in [4.78, 5) is 11.5. The molecular formula is C21H26FNO5S. The number of ether oxygens (including phenoxy) is 1. The van der Waals surface area contributed by atoms with Crippen LogP contribution < -0.4 is 5.32 Å². The number of benzene rings is 2. The highest BCUT2D eigenvalue weighted by atomic mass is 32.2. The lowest BCUT2D eigenvalue weighted by molar-refractivity contribution is -0.145. The van der Waals surface area contributed by atoms with E-state index < -0.39 is 10.1 Å². The summed E-state index contributed by atoms with van der Waals surface area (Å²) in [5, 5.41) is 3.27. The van der Waals surface area contributed by atoms with Crippen LogP contribution in [0.25, 0.3) is 0 Å². The van der Waals surface area contributed by atoms with Crippen molar-refractivity contribution in [2.75, 3.05) is 6.61 Å². The van der Waals surface area contributed by atoms with Crippen LogP contribution in [0.15, 0.2) is 53.4 Å². The zero-order chi connectivity index (χ0) is 21.4. The van der Waals surface area contributed by atoms with E-state index in [2.05, 4.69) is 5.32 Å². The van der Waals surface area contributed by atoms with Gasteiger partial charge in [-0.05, 0) is 62.9 Å². The molecule has 2 atom stereocenters. The number of nitrogens with one attached hydrogen (secondary N) is 1. The maximum absolute atomic E-state index is 12.8. The Labute approximate surface area is 170 Å². The van der Waals surface area contributed by atoms with Crippen LogP contribution in [-0.4, -0.2) is 37.6 Å². The second-order valence-electron chi connectivity index (χ2n) is 6.86. The molecule has 2 aromatic rings. The van der Waals surface area contributed by atoms with Gasteiger partial charge in [-0.2, -0.15) is 8.42 Å². The molecule has 2 N–H and O–H groups in total. The minimum Gasteiger partial charge on any atom is -0.465 e. The van der Waals surface area contributed by atoms with E-state index in [4.69, 9.17) is 9.29 Å². The number of carbonyl (C=O) groups is 1. The minimum atomic E-state index is -4.02. The fourth-order valence-electron chi connectivity index (χ4n) is 3.02. The van der Waals surface area contributed by atoms with Crippen LogP contribution >= 0.6 is 0 Å². The Balaban J connectivity index is 0.000000234. The quantitative estimate of drug-likeness (QED) is 0.566. The zero-order valence-corrected chi connectivity index (χ0v) is 17.3. The predicted molar refractivity (Wildman–Crippen MR) is 108 cm³/mol. The topological polar surface area (TPSA) is 92.7 Å². The lowest BCUT2D eigenvalue weighted by Crippen LogP contribution is -2.37. The van der Waals surface area contributed by atoms with Crippen molar-refractivity contribution in [3.05, 3.63) is 65.5 Å². The highest BCUT2D eigenvalue weighted by molar-refractivity contribution is 7.85.